The van der Waals surface area contributed by atoms with Crippen molar-refractivity contribution >= 4 is 44.7 Å². The molecule has 3 heteroatoms. The van der Waals surface area contributed by atoms with Crippen molar-refractivity contribution in [1.29, 1.82) is 0 Å². The van der Waals surface area contributed by atoms with Gasteiger partial charge in [0.05, 0.1) is 28.1 Å². The Hall–Kier alpha value is -3.46. The van der Waals surface area contributed by atoms with Crippen molar-refractivity contribution in [3.63, 3.8) is 0 Å². The summed E-state index contributed by atoms with van der Waals surface area (Å²) in [5.41, 5.74) is 8.05. The number of fused-ring (bicyclic) bond motifs is 6. The lowest BCUT2D eigenvalue weighted by Gasteiger charge is -2.40. The molecule has 4 aromatic rings. The van der Waals surface area contributed by atoms with Crippen molar-refractivity contribution in [3.8, 4) is 0 Å². The summed E-state index contributed by atoms with van der Waals surface area (Å²) >= 11 is 0. The van der Waals surface area contributed by atoms with Gasteiger partial charge in [-0.25, -0.2) is 0 Å². The summed E-state index contributed by atoms with van der Waals surface area (Å²) in [5.74, 6) is 0. The Balaban J connectivity index is 1.76. The zero-order chi connectivity index (χ0) is 18.7. The minimum Gasteiger partial charge on any atom is -0.456 e. The van der Waals surface area contributed by atoms with Crippen LogP contribution in [0.4, 0.5) is 22.7 Å². The minimum atomic E-state index is 0.935. The van der Waals surface area contributed by atoms with Crippen molar-refractivity contribution < 1.29 is 4.42 Å². The number of rotatable bonds is 1. The Morgan fingerprint density at radius 1 is 0.821 bits per heavy atom. The van der Waals surface area contributed by atoms with Gasteiger partial charge in [-0.2, -0.15) is 0 Å². The van der Waals surface area contributed by atoms with E-state index in [9.17, 15) is 0 Å². The lowest BCUT2D eigenvalue weighted by molar-refractivity contribution is 0.669. The van der Waals surface area contributed by atoms with E-state index < -0.39 is 0 Å². The van der Waals surface area contributed by atoms with Crippen LogP contribution in [0.25, 0.3) is 21.9 Å². The summed E-state index contributed by atoms with van der Waals surface area (Å²) in [5, 5.41) is 2.35. The fourth-order valence-corrected chi connectivity index (χ4v) is 4.55. The Morgan fingerprint density at radius 2 is 1.64 bits per heavy atom. The molecule has 3 aromatic carbocycles. The Morgan fingerprint density at radius 3 is 2.50 bits per heavy atom. The van der Waals surface area contributed by atoms with Gasteiger partial charge >= 0.3 is 0 Å². The van der Waals surface area contributed by atoms with Crippen LogP contribution in [0.2, 0.25) is 0 Å². The van der Waals surface area contributed by atoms with Crippen molar-refractivity contribution in [1.82, 2.24) is 0 Å². The predicted molar refractivity (Wildman–Crippen MR) is 117 cm³/mol. The number of hydrogen-bond acceptors (Lipinski definition) is 3. The van der Waals surface area contributed by atoms with Crippen LogP contribution in [-0.2, 0) is 0 Å². The van der Waals surface area contributed by atoms with Crippen molar-refractivity contribution in [2.45, 2.75) is 12.8 Å². The molecule has 0 fully saturated rings. The highest BCUT2D eigenvalue weighted by Crippen LogP contribution is 2.53. The molecule has 28 heavy (non-hydrogen) atoms. The summed E-state index contributed by atoms with van der Waals surface area (Å²) in [4.78, 5) is 4.74. The largest absolute Gasteiger partial charge is 0.456 e. The van der Waals surface area contributed by atoms with Gasteiger partial charge in [-0.05, 0) is 49.2 Å². The number of benzene rings is 3. The molecule has 0 atom stereocenters. The fraction of sp³-hybridized carbons (Fsp3) is 0.120. The van der Waals surface area contributed by atoms with E-state index in [2.05, 4.69) is 89.7 Å². The number of hydrogen-bond donors (Lipinski definition) is 0. The molecule has 136 valence electrons. The van der Waals surface area contributed by atoms with Gasteiger partial charge in [-0.3, -0.25) is 0 Å². The van der Waals surface area contributed by atoms with Crippen LogP contribution < -0.4 is 9.80 Å². The van der Waals surface area contributed by atoms with E-state index in [1.807, 2.05) is 6.07 Å². The second-order valence-corrected chi connectivity index (χ2v) is 7.41. The van der Waals surface area contributed by atoms with Gasteiger partial charge in [-0.15, -0.1) is 0 Å². The Labute approximate surface area is 163 Å². The average Bonchev–Trinajstić information content (AvgIpc) is 3.14. The molecule has 0 spiro atoms. The van der Waals surface area contributed by atoms with Gasteiger partial charge in [0, 0.05) is 18.1 Å². The number of anilines is 4. The number of nitrogens with zero attached hydrogens (tertiary/aromatic N) is 2. The molecule has 1 aliphatic carbocycles. The minimum absolute atomic E-state index is 0.935. The first-order valence-electron chi connectivity index (χ1n) is 9.76. The van der Waals surface area contributed by atoms with Crippen LogP contribution >= 0.6 is 0 Å². The van der Waals surface area contributed by atoms with E-state index in [0.29, 0.717) is 0 Å². The zero-order valence-electron chi connectivity index (χ0n) is 15.7. The van der Waals surface area contributed by atoms with E-state index in [1.54, 1.807) is 0 Å². The van der Waals surface area contributed by atoms with E-state index in [-0.39, 0.29) is 0 Å². The molecule has 0 N–H and O–H groups in total. The second kappa shape index (κ2) is 5.77. The molecule has 3 nitrogen and oxygen atoms in total. The zero-order valence-corrected chi connectivity index (χ0v) is 15.7. The summed E-state index contributed by atoms with van der Waals surface area (Å²) < 4.78 is 6.20. The topological polar surface area (TPSA) is 19.6 Å². The SMILES string of the molecule is CN1c2ccccc2N(C2=CC=CCC2)c2c1ccc1oc3ccccc3c21. The second-order valence-electron chi connectivity index (χ2n) is 7.41. The monoisotopic (exact) mass is 364 g/mol. The van der Waals surface area contributed by atoms with E-state index in [1.165, 1.54) is 39.2 Å². The highest BCUT2D eigenvalue weighted by atomic mass is 16.3. The average molecular weight is 364 g/mol. The first-order chi connectivity index (χ1) is 13.8. The van der Waals surface area contributed by atoms with Crippen molar-refractivity contribution in [2.75, 3.05) is 16.8 Å². The van der Waals surface area contributed by atoms with Crippen molar-refractivity contribution in [3.05, 3.63) is 84.6 Å². The molecule has 1 aromatic heterocycles. The van der Waals surface area contributed by atoms with Crippen LogP contribution in [0.15, 0.2) is 89.0 Å². The highest BCUT2D eigenvalue weighted by molar-refractivity contribution is 6.18. The molecule has 0 radical (unpaired) electrons. The Bertz CT molecular complexity index is 1290. The highest BCUT2D eigenvalue weighted by Gasteiger charge is 2.31. The van der Waals surface area contributed by atoms with E-state index in [0.717, 1.165) is 24.0 Å². The van der Waals surface area contributed by atoms with Gasteiger partial charge in [0.2, 0.25) is 0 Å². The summed E-state index contributed by atoms with van der Waals surface area (Å²) in [6.45, 7) is 0. The molecule has 6 rings (SSSR count). The predicted octanol–water partition coefficient (Wildman–Crippen LogP) is 7.04. The van der Waals surface area contributed by atoms with Crippen LogP contribution in [-0.4, -0.2) is 7.05 Å². The third-order valence-corrected chi connectivity index (χ3v) is 5.84. The molecule has 0 saturated heterocycles. The molecule has 0 bridgehead atoms. The molecular weight excluding hydrogens is 344 g/mol. The maximum Gasteiger partial charge on any atom is 0.137 e. The van der Waals surface area contributed by atoms with Crippen LogP contribution in [0.5, 0.6) is 0 Å². The smallest absolute Gasteiger partial charge is 0.137 e. The maximum atomic E-state index is 6.20. The lowest BCUT2D eigenvalue weighted by Crippen LogP contribution is -2.27. The standard InChI is InChI=1S/C25H20N2O/c1-26-19-12-6-7-13-20(19)27(17-9-3-2-4-10-17)25-21(26)15-16-23-24(25)18-11-5-8-14-22(18)28-23/h2-3,5-9,11-16H,4,10H2,1H3. The molecule has 0 amide bonds. The fourth-order valence-electron chi connectivity index (χ4n) is 4.55. The van der Waals surface area contributed by atoms with Gasteiger partial charge in [-0.1, -0.05) is 42.5 Å². The molecule has 0 unspecified atom stereocenters. The van der Waals surface area contributed by atoms with E-state index in [4.69, 9.17) is 4.42 Å². The normalized spacial score (nSPS) is 15.7. The first kappa shape index (κ1) is 15.6. The number of allylic oxidation sites excluding steroid dienone is 4. The van der Waals surface area contributed by atoms with Crippen LogP contribution in [0.3, 0.4) is 0 Å². The molecular formula is C25H20N2O. The maximum absolute atomic E-state index is 6.20. The summed E-state index contributed by atoms with van der Waals surface area (Å²) in [6, 6.07) is 21.3. The van der Waals surface area contributed by atoms with Gasteiger partial charge in [0.25, 0.3) is 0 Å². The quantitative estimate of drug-likeness (QED) is 0.361. The summed E-state index contributed by atoms with van der Waals surface area (Å²) in [6.07, 6.45) is 8.75. The Kier molecular flexibility index (Phi) is 3.21. The molecule has 2 aliphatic rings. The summed E-state index contributed by atoms with van der Waals surface area (Å²) in [7, 11) is 2.15. The van der Waals surface area contributed by atoms with Crippen molar-refractivity contribution in [2.24, 2.45) is 0 Å². The van der Waals surface area contributed by atoms with Crippen LogP contribution in [0.1, 0.15) is 12.8 Å². The first-order valence-corrected chi connectivity index (χ1v) is 9.76. The number of para-hydroxylation sites is 3. The third-order valence-electron chi connectivity index (χ3n) is 5.84. The number of furan rings is 1. The molecule has 0 saturated carbocycles. The van der Waals surface area contributed by atoms with E-state index >= 15 is 0 Å². The van der Waals surface area contributed by atoms with Gasteiger partial charge in [0.1, 0.15) is 11.2 Å². The van der Waals surface area contributed by atoms with Gasteiger partial charge < -0.3 is 14.2 Å². The molecule has 2 heterocycles. The van der Waals surface area contributed by atoms with Crippen LogP contribution in [0, 0.1) is 0 Å². The van der Waals surface area contributed by atoms with Gasteiger partial charge in [0.15, 0.2) is 0 Å². The third kappa shape index (κ3) is 2.04. The molecule has 1 aliphatic heterocycles. The lowest BCUT2D eigenvalue weighted by atomic mass is 10.00.